The lowest BCUT2D eigenvalue weighted by atomic mass is 10.1. The molecule has 0 saturated carbocycles. The molecule has 14 heteroatoms. The molecule has 0 spiro atoms. The Morgan fingerprint density at radius 2 is 2.05 bits per heavy atom. The Hall–Kier alpha value is -3.94. The van der Waals surface area contributed by atoms with Crippen LogP contribution in [0.15, 0.2) is 48.9 Å². The van der Waals surface area contributed by atoms with Gasteiger partial charge in [-0.05, 0) is 23.8 Å². The number of hydrogen-bond acceptors (Lipinski definition) is 7. The lowest BCUT2D eigenvalue weighted by molar-refractivity contribution is -0.141. The number of halogens is 4. The van der Waals surface area contributed by atoms with Crippen LogP contribution >= 0.6 is 11.6 Å². The SMILES string of the molecule is COC[C@H]1Cn2cc(-c3cc(Nc4ccnn4C)ncc3Cl)cc2C(=O)N1Cc1ccc(C(F)(F)F)nc1CO. The molecule has 5 rings (SSSR count). The van der Waals surface area contributed by atoms with Crippen molar-refractivity contribution < 1.29 is 27.8 Å². The Balaban J connectivity index is 1.46. The third-order valence-corrected chi connectivity index (χ3v) is 6.98. The Morgan fingerprint density at radius 1 is 1.25 bits per heavy atom. The zero-order chi connectivity index (χ0) is 28.6. The predicted molar refractivity (Wildman–Crippen MR) is 140 cm³/mol. The van der Waals surface area contributed by atoms with Gasteiger partial charge in [0.05, 0.1) is 36.2 Å². The number of aromatic nitrogens is 5. The van der Waals surface area contributed by atoms with Crippen molar-refractivity contribution in [2.24, 2.45) is 7.05 Å². The highest BCUT2D eigenvalue weighted by Crippen LogP contribution is 2.34. The Kier molecular flexibility index (Phi) is 7.53. The fourth-order valence-corrected chi connectivity index (χ4v) is 4.88. The largest absolute Gasteiger partial charge is 0.433 e. The highest BCUT2D eigenvalue weighted by molar-refractivity contribution is 6.33. The number of nitrogens with zero attached hydrogens (tertiary/aromatic N) is 6. The van der Waals surface area contributed by atoms with Crippen molar-refractivity contribution in [3.8, 4) is 11.1 Å². The van der Waals surface area contributed by atoms with Crippen molar-refractivity contribution >= 4 is 29.1 Å². The second-order valence-electron chi connectivity index (χ2n) is 9.28. The summed E-state index contributed by atoms with van der Waals surface area (Å²) in [5.74, 6) is 0.913. The molecule has 0 aliphatic carbocycles. The van der Waals surface area contributed by atoms with Crippen molar-refractivity contribution in [1.29, 1.82) is 0 Å². The number of carbonyl (C=O) groups excluding carboxylic acids is 1. The lowest BCUT2D eigenvalue weighted by Crippen LogP contribution is -2.49. The van der Waals surface area contributed by atoms with Crippen LogP contribution < -0.4 is 5.32 Å². The molecular weight excluding hydrogens is 551 g/mol. The topological polar surface area (TPSA) is 110 Å². The molecule has 1 atom stereocenters. The zero-order valence-electron chi connectivity index (χ0n) is 21.5. The number of pyridine rings is 2. The van der Waals surface area contributed by atoms with Crippen molar-refractivity contribution in [2.75, 3.05) is 19.0 Å². The van der Waals surface area contributed by atoms with Gasteiger partial charge in [-0.15, -0.1) is 0 Å². The first-order valence-electron chi connectivity index (χ1n) is 12.2. The van der Waals surface area contributed by atoms with Crippen molar-refractivity contribution in [3.63, 3.8) is 0 Å². The van der Waals surface area contributed by atoms with E-state index >= 15 is 0 Å². The molecule has 1 amide bonds. The van der Waals surface area contributed by atoms with Gasteiger partial charge in [0.15, 0.2) is 0 Å². The normalized spacial score (nSPS) is 15.4. The fraction of sp³-hybridized carbons (Fsp3) is 0.308. The van der Waals surface area contributed by atoms with E-state index in [4.69, 9.17) is 16.3 Å². The highest BCUT2D eigenvalue weighted by atomic mass is 35.5. The van der Waals surface area contributed by atoms with Gasteiger partial charge in [-0.25, -0.2) is 9.97 Å². The van der Waals surface area contributed by atoms with E-state index in [1.807, 2.05) is 6.20 Å². The Morgan fingerprint density at radius 3 is 2.73 bits per heavy atom. The van der Waals surface area contributed by atoms with E-state index in [2.05, 4.69) is 20.4 Å². The van der Waals surface area contributed by atoms with E-state index in [9.17, 15) is 23.1 Å². The number of fused-ring (bicyclic) bond motifs is 1. The summed E-state index contributed by atoms with van der Waals surface area (Å²) in [6.07, 6.45) is 0.336. The minimum Gasteiger partial charge on any atom is -0.390 e. The molecule has 0 bridgehead atoms. The summed E-state index contributed by atoms with van der Waals surface area (Å²) in [4.78, 5) is 23.1. The number of methoxy groups -OCH3 is 1. The van der Waals surface area contributed by atoms with Gasteiger partial charge in [0.2, 0.25) is 0 Å². The van der Waals surface area contributed by atoms with Gasteiger partial charge >= 0.3 is 6.18 Å². The van der Waals surface area contributed by atoms with Gasteiger partial charge < -0.3 is 24.6 Å². The van der Waals surface area contributed by atoms with Crippen LogP contribution in [0.25, 0.3) is 11.1 Å². The number of aliphatic hydroxyl groups excluding tert-OH is 1. The smallest absolute Gasteiger partial charge is 0.390 e. The van der Waals surface area contributed by atoms with Crippen LogP contribution in [0.1, 0.15) is 27.4 Å². The van der Waals surface area contributed by atoms with E-state index < -0.39 is 24.5 Å². The molecule has 40 heavy (non-hydrogen) atoms. The maximum atomic E-state index is 13.7. The third kappa shape index (κ3) is 5.40. The number of ether oxygens (including phenoxy) is 1. The number of anilines is 2. The molecule has 10 nitrogen and oxygen atoms in total. The van der Waals surface area contributed by atoms with Crippen LogP contribution in [-0.4, -0.2) is 60.0 Å². The average molecular weight is 576 g/mol. The molecule has 0 aromatic carbocycles. The summed E-state index contributed by atoms with van der Waals surface area (Å²) in [5.41, 5.74) is 0.783. The van der Waals surface area contributed by atoms with E-state index in [-0.39, 0.29) is 24.8 Å². The number of nitrogens with one attached hydrogen (secondary N) is 1. The van der Waals surface area contributed by atoms with Gasteiger partial charge in [0, 0.05) is 56.8 Å². The summed E-state index contributed by atoms with van der Waals surface area (Å²) in [7, 11) is 3.30. The quantitative estimate of drug-likeness (QED) is 0.323. The molecule has 1 aliphatic rings. The summed E-state index contributed by atoms with van der Waals surface area (Å²) in [6, 6.07) is 6.94. The highest BCUT2D eigenvalue weighted by Gasteiger charge is 2.36. The van der Waals surface area contributed by atoms with Crippen LogP contribution in [-0.2, 0) is 37.7 Å². The number of aryl methyl sites for hydroxylation is 1. The molecule has 4 aromatic rings. The van der Waals surface area contributed by atoms with Gasteiger partial charge in [0.25, 0.3) is 5.91 Å². The average Bonchev–Trinajstić information content (AvgIpc) is 3.53. The van der Waals surface area contributed by atoms with Crippen LogP contribution in [0.3, 0.4) is 0 Å². The summed E-state index contributed by atoms with van der Waals surface area (Å²) in [6.45, 7) is -0.189. The molecule has 4 aromatic heterocycles. The van der Waals surface area contributed by atoms with Gasteiger partial charge in [-0.3, -0.25) is 9.48 Å². The first-order valence-corrected chi connectivity index (χ1v) is 12.5. The number of carbonyl (C=O) groups is 1. The van der Waals surface area contributed by atoms with Crippen LogP contribution in [0.4, 0.5) is 24.8 Å². The van der Waals surface area contributed by atoms with Gasteiger partial charge in [-0.1, -0.05) is 17.7 Å². The number of amides is 1. The predicted octanol–water partition coefficient (Wildman–Crippen LogP) is 4.26. The number of rotatable bonds is 8. The molecular formula is C26H25ClF3N7O3. The molecule has 210 valence electrons. The van der Waals surface area contributed by atoms with E-state index in [0.717, 1.165) is 11.9 Å². The summed E-state index contributed by atoms with van der Waals surface area (Å²) in [5, 5.41) is 17.4. The molecule has 5 heterocycles. The lowest BCUT2D eigenvalue weighted by Gasteiger charge is -2.36. The van der Waals surface area contributed by atoms with E-state index in [1.54, 1.807) is 40.7 Å². The number of aliphatic hydroxyl groups is 1. The fourth-order valence-electron chi connectivity index (χ4n) is 4.67. The summed E-state index contributed by atoms with van der Waals surface area (Å²) < 4.78 is 48.2. The van der Waals surface area contributed by atoms with Crippen LogP contribution in [0, 0.1) is 0 Å². The number of hydrogen-bond donors (Lipinski definition) is 2. The molecule has 0 fully saturated rings. The van der Waals surface area contributed by atoms with Crippen LogP contribution in [0.2, 0.25) is 5.02 Å². The standard InChI is InChI=1S/C26H25ClF3N7O3/c1-35-24(5-6-32-35)34-23-8-18(19(27)9-31-23)16-7-21-25(39)37(17(14-40-2)12-36(21)10-16)11-15-3-4-22(26(28,29)30)33-20(15)13-38/h3-10,17,38H,11-14H2,1-2H3,(H,31,34)/t17-/m1/s1. The minimum atomic E-state index is -4.65. The molecule has 0 saturated heterocycles. The molecule has 1 aliphatic heterocycles. The van der Waals surface area contributed by atoms with E-state index in [0.29, 0.717) is 39.8 Å². The monoisotopic (exact) mass is 575 g/mol. The Labute approximate surface area is 232 Å². The minimum absolute atomic E-state index is 0.0524. The molecule has 2 N–H and O–H groups in total. The van der Waals surface area contributed by atoms with Gasteiger partial charge in [-0.2, -0.15) is 18.3 Å². The maximum Gasteiger partial charge on any atom is 0.433 e. The van der Waals surface area contributed by atoms with Crippen molar-refractivity contribution in [3.05, 3.63) is 76.6 Å². The number of alkyl halides is 3. The molecule has 0 radical (unpaired) electrons. The second kappa shape index (κ2) is 10.9. The van der Waals surface area contributed by atoms with Crippen molar-refractivity contribution in [1.82, 2.24) is 29.2 Å². The first kappa shape index (κ1) is 27.6. The molecule has 0 unspecified atom stereocenters. The third-order valence-electron chi connectivity index (χ3n) is 6.68. The zero-order valence-corrected chi connectivity index (χ0v) is 22.2. The maximum absolute atomic E-state index is 13.7. The Bertz CT molecular complexity index is 1550. The van der Waals surface area contributed by atoms with E-state index in [1.165, 1.54) is 24.3 Å². The summed E-state index contributed by atoms with van der Waals surface area (Å²) >= 11 is 6.49. The van der Waals surface area contributed by atoms with Gasteiger partial charge in [0.1, 0.15) is 23.0 Å². The first-order chi connectivity index (χ1) is 19.1. The second-order valence-corrected chi connectivity index (χ2v) is 9.69. The van der Waals surface area contributed by atoms with Crippen LogP contribution in [0.5, 0.6) is 0 Å². The van der Waals surface area contributed by atoms with Crippen molar-refractivity contribution in [2.45, 2.75) is 31.9 Å².